The van der Waals surface area contributed by atoms with Crippen LogP contribution in [0.5, 0.6) is 5.75 Å². The molecule has 3 N–H and O–H groups in total. The Balaban J connectivity index is 1.94. The number of benzene rings is 1. The maximum absolute atomic E-state index is 12.2. The van der Waals surface area contributed by atoms with Crippen molar-refractivity contribution < 1.29 is 14.3 Å². The summed E-state index contributed by atoms with van der Waals surface area (Å²) in [6.45, 7) is 1.15. The van der Waals surface area contributed by atoms with E-state index < -0.39 is 6.03 Å². The van der Waals surface area contributed by atoms with Crippen LogP contribution < -0.4 is 15.8 Å². The van der Waals surface area contributed by atoms with E-state index in [1.807, 2.05) is 24.3 Å². The predicted octanol–water partition coefficient (Wildman–Crippen LogP) is 0.507. The summed E-state index contributed by atoms with van der Waals surface area (Å²) in [6.07, 6.45) is 1.04. The number of hydrogen-bond acceptors (Lipinski definition) is 3. The number of nitrogens with two attached hydrogens (primary N) is 1. The molecule has 1 aliphatic rings. The van der Waals surface area contributed by atoms with Crippen molar-refractivity contribution in [2.24, 2.45) is 5.73 Å². The van der Waals surface area contributed by atoms with Crippen molar-refractivity contribution >= 4 is 11.9 Å². The summed E-state index contributed by atoms with van der Waals surface area (Å²) < 4.78 is 5.24. The van der Waals surface area contributed by atoms with E-state index in [0.717, 1.165) is 12.0 Å². The van der Waals surface area contributed by atoms with Crippen LogP contribution in [0, 0.1) is 0 Å². The molecule has 6 heteroatoms. The molecule has 2 rings (SSSR count). The topological polar surface area (TPSA) is 84.7 Å². The SMILES string of the molecule is COc1ccccc1CC(=O)N1CC[C@@H](NC(N)=O)C1. The Morgan fingerprint density at radius 1 is 1.45 bits per heavy atom. The zero-order valence-electron chi connectivity index (χ0n) is 11.5. The molecule has 3 amide bonds. The number of nitrogens with zero attached hydrogens (tertiary/aromatic N) is 1. The first kappa shape index (κ1) is 14.2. The number of ether oxygens (including phenoxy) is 1. The number of hydrogen-bond donors (Lipinski definition) is 2. The Labute approximate surface area is 117 Å². The van der Waals surface area contributed by atoms with E-state index in [0.29, 0.717) is 25.3 Å². The van der Waals surface area contributed by atoms with Gasteiger partial charge in [0.25, 0.3) is 0 Å². The number of rotatable bonds is 4. The van der Waals surface area contributed by atoms with Crippen molar-refractivity contribution in [3.8, 4) is 5.75 Å². The maximum Gasteiger partial charge on any atom is 0.312 e. The number of likely N-dealkylation sites (tertiary alicyclic amines) is 1. The standard InChI is InChI=1S/C14H19N3O3/c1-20-12-5-3-2-4-10(12)8-13(18)17-7-6-11(9-17)16-14(15)19/h2-5,11H,6-9H2,1H3,(H3,15,16,19)/t11-/m1/s1. The fourth-order valence-electron chi connectivity index (χ4n) is 2.43. The van der Waals surface area contributed by atoms with Gasteiger partial charge in [-0.1, -0.05) is 18.2 Å². The minimum absolute atomic E-state index is 0.0308. The van der Waals surface area contributed by atoms with Crippen LogP contribution in [0.15, 0.2) is 24.3 Å². The quantitative estimate of drug-likeness (QED) is 0.840. The van der Waals surface area contributed by atoms with Gasteiger partial charge < -0.3 is 20.7 Å². The van der Waals surface area contributed by atoms with E-state index in [4.69, 9.17) is 10.5 Å². The molecule has 1 atom stereocenters. The van der Waals surface area contributed by atoms with Crippen molar-refractivity contribution in [2.45, 2.75) is 18.9 Å². The van der Waals surface area contributed by atoms with Crippen molar-refractivity contribution in [1.29, 1.82) is 0 Å². The lowest BCUT2D eigenvalue weighted by atomic mass is 10.1. The van der Waals surface area contributed by atoms with Crippen LogP contribution >= 0.6 is 0 Å². The smallest absolute Gasteiger partial charge is 0.312 e. The molecular formula is C14H19N3O3. The highest BCUT2D eigenvalue weighted by Crippen LogP contribution is 2.19. The molecule has 0 aliphatic carbocycles. The number of primary amides is 1. The molecule has 20 heavy (non-hydrogen) atoms. The predicted molar refractivity (Wildman–Crippen MR) is 74.4 cm³/mol. The van der Waals surface area contributed by atoms with Crippen LogP contribution in [0.4, 0.5) is 4.79 Å². The van der Waals surface area contributed by atoms with Crippen LogP contribution in [-0.2, 0) is 11.2 Å². The van der Waals surface area contributed by atoms with Crippen molar-refractivity contribution in [2.75, 3.05) is 20.2 Å². The van der Waals surface area contributed by atoms with Crippen LogP contribution in [-0.4, -0.2) is 43.1 Å². The maximum atomic E-state index is 12.2. The van der Waals surface area contributed by atoms with Crippen LogP contribution in [0.1, 0.15) is 12.0 Å². The molecule has 0 radical (unpaired) electrons. The minimum Gasteiger partial charge on any atom is -0.496 e. The van der Waals surface area contributed by atoms with Gasteiger partial charge in [0.05, 0.1) is 13.5 Å². The molecule has 1 aliphatic heterocycles. The molecule has 0 saturated carbocycles. The Hall–Kier alpha value is -2.24. The number of carbonyl (C=O) groups excluding carboxylic acids is 2. The van der Waals surface area contributed by atoms with Gasteiger partial charge in [0.1, 0.15) is 5.75 Å². The van der Waals surface area contributed by atoms with Gasteiger partial charge in [0, 0.05) is 24.7 Å². The summed E-state index contributed by atoms with van der Waals surface area (Å²) in [5, 5.41) is 2.63. The monoisotopic (exact) mass is 277 g/mol. The number of nitrogens with one attached hydrogen (secondary N) is 1. The van der Waals surface area contributed by atoms with Crippen molar-refractivity contribution in [3.63, 3.8) is 0 Å². The molecule has 0 spiro atoms. The fraction of sp³-hybridized carbons (Fsp3) is 0.429. The second-order valence-electron chi connectivity index (χ2n) is 4.82. The summed E-state index contributed by atoms with van der Waals surface area (Å²) in [7, 11) is 1.59. The van der Waals surface area contributed by atoms with Gasteiger partial charge >= 0.3 is 6.03 Å². The van der Waals surface area contributed by atoms with E-state index in [9.17, 15) is 9.59 Å². The first-order valence-corrected chi connectivity index (χ1v) is 6.55. The summed E-state index contributed by atoms with van der Waals surface area (Å²) in [6, 6.07) is 6.88. The Morgan fingerprint density at radius 2 is 2.20 bits per heavy atom. The zero-order chi connectivity index (χ0) is 14.5. The number of para-hydroxylation sites is 1. The Kier molecular flexibility index (Phi) is 4.45. The molecule has 1 fully saturated rings. The third-order valence-electron chi connectivity index (χ3n) is 3.42. The lowest BCUT2D eigenvalue weighted by molar-refractivity contribution is -0.129. The highest BCUT2D eigenvalue weighted by Gasteiger charge is 2.27. The number of carbonyl (C=O) groups is 2. The third kappa shape index (κ3) is 3.40. The summed E-state index contributed by atoms with van der Waals surface area (Å²) in [5.74, 6) is 0.745. The van der Waals surface area contributed by atoms with Gasteiger partial charge in [-0.2, -0.15) is 0 Å². The van der Waals surface area contributed by atoms with E-state index in [1.54, 1.807) is 12.0 Å². The van der Waals surface area contributed by atoms with Gasteiger partial charge in [0.15, 0.2) is 0 Å². The summed E-state index contributed by atoms with van der Waals surface area (Å²) >= 11 is 0. The van der Waals surface area contributed by atoms with E-state index >= 15 is 0 Å². The second-order valence-corrected chi connectivity index (χ2v) is 4.82. The normalized spacial score (nSPS) is 17.9. The van der Waals surface area contributed by atoms with Crippen LogP contribution in [0.2, 0.25) is 0 Å². The highest BCUT2D eigenvalue weighted by molar-refractivity contribution is 5.80. The Morgan fingerprint density at radius 3 is 2.90 bits per heavy atom. The molecule has 1 aromatic carbocycles. The first-order valence-electron chi connectivity index (χ1n) is 6.55. The average molecular weight is 277 g/mol. The molecule has 0 unspecified atom stereocenters. The summed E-state index contributed by atoms with van der Waals surface area (Å²) in [5.41, 5.74) is 5.95. The first-order chi connectivity index (χ1) is 9.60. The molecule has 1 heterocycles. The molecule has 6 nitrogen and oxygen atoms in total. The second kappa shape index (κ2) is 6.27. The highest BCUT2D eigenvalue weighted by atomic mass is 16.5. The van der Waals surface area contributed by atoms with E-state index in [1.165, 1.54) is 0 Å². The molecule has 1 aromatic rings. The molecule has 1 saturated heterocycles. The van der Waals surface area contributed by atoms with Crippen LogP contribution in [0.3, 0.4) is 0 Å². The van der Waals surface area contributed by atoms with Gasteiger partial charge in [-0.25, -0.2) is 4.79 Å². The minimum atomic E-state index is -0.547. The van der Waals surface area contributed by atoms with Crippen molar-refractivity contribution in [1.82, 2.24) is 10.2 Å². The molecule has 0 bridgehead atoms. The molecule has 108 valence electrons. The van der Waals surface area contributed by atoms with E-state index in [2.05, 4.69) is 5.32 Å². The number of urea groups is 1. The van der Waals surface area contributed by atoms with Crippen molar-refractivity contribution in [3.05, 3.63) is 29.8 Å². The Bertz CT molecular complexity index is 504. The lowest BCUT2D eigenvalue weighted by Gasteiger charge is -2.17. The number of methoxy groups -OCH3 is 1. The number of amides is 3. The van der Waals surface area contributed by atoms with Gasteiger partial charge in [-0.15, -0.1) is 0 Å². The third-order valence-corrected chi connectivity index (χ3v) is 3.42. The lowest BCUT2D eigenvalue weighted by Crippen LogP contribution is -2.41. The van der Waals surface area contributed by atoms with Gasteiger partial charge in [-0.3, -0.25) is 4.79 Å². The van der Waals surface area contributed by atoms with Gasteiger partial charge in [-0.05, 0) is 12.5 Å². The average Bonchev–Trinajstić information content (AvgIpc) is 2.87. The molecular weight excluding hydrogens is 258 g/mol. The zero-order valence-corrected chi connectivity index (χ0v) is 11.5. The van der Waals surface area contributed by atoms with Crippen LogP contribution in [0.25, 0.3) is 0 Å². The molecule has 0 aromatic heterocycles. The van der Waals surface area contributed by atoms with Gasteiger partial charge in [0.2, 0.25) is 5.91 Å². The summed E-state index contributed by atoms with van der Waals surface area (Å²) in [4.78, 5) is 24.8. The largest absolute Gasteiger partial charge is 0.496 e. The fourth-order valence-corrected chi connectivity index (χ4v) is 2.43. The van der Waals surface area contributed by atoms with E-state index in [-0.39, 0.29) is 11.9 Å².